The van der Waals surface area contributed by atoms with Crippen LogP contribution in [0.5, 0.6) is 0 Å². The summed E-state index contributed by atoms with van der Waals surface area (Å²) in [5, 5.41) is 10.9. The molecule has 60 valence electrons. The molecule has 0 heterocycles. The van der Waals surface area contributed by atoms with Crippen LogP contribution in [0, 0.1) is 5.92 Å². The third-order valence-electron chi connectivity index (χ3n) is 1.19. The lowest BCUT2D eigenvalue weighted by molar-refractivity contribution is -0.123. The molecule has 0 aromatic carbocycles. The van der Waals surface area contributed by atoms with Crippen molar-refractivity contribution in [2.45, 2.75) is 20.3 Å². The second-order valence-electron chi connectivity index (χ2n) is 2.69. The molecule has 0 fully saturated rings. The van der Waals surface area contributed by atoms with Crippen molar-refractivity contribution in [2.75, 3.05) is 13.2 Å². The molecule has 3 nitrogen and oxygen atoms in total. The standard InChI is InChI=1S/C7H15NO2/c1-6(2)3-4-8-7(10)5-9/h6,9H,3-5H2,1-2H3,(H,8,10). The number of carbonyl (C=O) groups excluding carboxylic acids is 1. The summed E-state index contributed by atoms with van der Waals surface area (Å²) in [6.07, 6.45) is 0.964. The topological polar surface area (TPSA) is 49.3 Å². The van der Waals surface area contributed by atoms with Crippen molar-refractivity contribution in [3.8, 4) is 0 Å². The van der Waals surface area contributed by atoms with Gasteiger partial charge in [0.25, 0.3) is 0 Å². The van der Waals surface area contributed by atoms with Gasteiger partial charge in [-0.1, -0.05) is 13.8 Å². The number of amides is 1. The van der Waals surface area contributed by atoms with Gasteiger partial charge in [0, 0.05) is 6.54 Å². The zero-order valence-corrected chi connectivity index (χ0v) is 6.55. The van der Waals surface area contributed by atoms with E-state index in [2.05, 4.69) is 19.2 Å². The Morgan fingerprint density at radius 3 is 2.60 bits per heavy atom. The molecule has 1 amide bonds. The van der Waals surface area contributed by atoms with E-state index in [9.17, 15) is 4.79 Å². The van der Waals surface area contributed by atoms with E-state index in [0.29, 0.717) is 12.5 Å². The monoisotopic (exact) mass is 145 g/mol. The minimum absolute atomic E-state index is 0.291. The van der Waals surface area contributed by atoms with Crippen LogP contribution in [-0.2, 0) is 4.79 Å². The lowest BCUT2D eigenvalue weighted by Gasteiger charge is -2.04. The van der Waals surface area contributed by atoms with Crippen LogP contribution in [0.3, 0.4) is 0 Å². The first-order valence-corrected chi connectivity index (χ1v) is 3.54. The summed E-state index contributed by atoms with van der Waals surface area (Å²) in [5.74, 6) is 0.305. The van der Waals surface area contributed by atoms with E-state index in [0.717, 1.165) is 6.42 Å². The maximum atomic E-state index is 10.4. The van der Waals surface area contributed by atoms with Gasteiger partial charge < -0.3 is 10.4 Å². The Kier molecular flexibility index (Phi) is 4.94. The van der Waals surface area contributed by atoms with E-state index in [-0.39, 0.29) is 5.91 Å². The fraction of sp³-hybridized carbons (Fsp3) is 0.857. The Labute approximate surface area is 61.4 Å². The molecular formula is C7H15NO2. The van der Waals surface area contributed by atoms with E-state index in [1.54, 1.807) is 0 Å². The summed E-state index contributed by atoms with van der Waals surface area (Å²) in [7, 11) is 0. The highest BCUT2D eigenvalue weighted by Crippen LogP contribution is 1.95. The second-order valence-corrected chi connectivity index (χ2v) is 2.69. The minimum atomic E-state index is -0.405. The molecule has 0 aliphatic heterocycles. The van der Waals surface area contributed by atoms with Crippen LogP contribution in [-0.4, -0.2) is 24.2 Å². The molecule has 0 saturated carbocycles. The lowest BCUT2D eigenvalue weighted by Crippen LogP contribution is -2.27. The van der Waals surface area contributed by atoms with Crippen molar-refractivity contribution in [3.05, 3.63) is 0 Å². The molecule has 0 atom stereocenters. The number of rotatable bonds is 4. The minimum Gasteiger partial charge on any atom is -0.387 e. The van der Waals surface area contributed by atoms with Gasteiger partial charge in [0.15, 0.2) is 0 Å². The highest BCUT2D eigenvalue weighted by molar-refractivity contribution is 5.76. The van der Waals surface area contributed by atoms with Crippen LogP contribution in [0.4, 0.5) is 0 Å². The lowest BCUT2D eigenvalue weighted by atomic mass is 10.1. The van der Waals surface area contributed by atoms with E-state index in [1.165, 1.54) is 0 Å². The van der Waals surface area contributed by atoms with Crippen molar-refractivity contribution >= 4 is 5.91 Å². The van der Waals surface area contributed by atoms with Crippen LogP contribution in [0.1, 0.15) is 20.3 Å². The predicted octanol–water partition coefficient (Wildman–Crippen LogP) is 0.141. The Morgan fingerprint density at radius 1 is 1.60 bits per heavy atom. The van der Waals surface area contributed by atoms with Crippen LogP contribution in [0.25, 0.3) is 0 Å². The molecule has 0 aromatic rings. The van der Waals surface area contributed by atoms with Gasteiger partial charge in [-0.05, 0) is 12.3 Å². The molecule has 0 rings (SSSR count). The molecule has 0 unspecified atom stereocenters. The van der Waals surface area contributed by atoms with Gasteiger partial charge >= 0.3 is 0 Å². The first-order valence-electron chi connectivity index (χ1n) is 3.54. The maximum absolute atomic E-state index is 10.4. The average Bonchev–Trinajstić information content (AvgIpc) is 1.87. The largest absolute Gasteiger partial charge is 0.387 e. The summed E-state index contributed by atoms with van der Waals surface area (Å²) in [4.78, 5) is 10.4. The molecule has 0 bridgehead atoms. The number of hydrogen-bond acceptors (Lipinski definition) is 2. The first kappa shape index (κ1) is 9.43. The van der Waals surface area contributed by atoms with Gasteiger partial charge in [0.05, 0.1) is 0 Å². The van der Waals surface area contributed by atoms with Gasteiger partial charge in [-0.15, -0.1) is 0 Å². The molecule has 10 heavy (non-hydrogen) atoms. The number of aliphatic hydroxyl groups is 1. The van der Waals surface area contributed by atoms with Gasteiger partial charge in [-0.2, -0.15) is 0 Å². The zero-order chi connectivity index (χ0) is 7.98. The van der Waals surface area contributed by atoms with Crippen LogP contribution >= 0.6 is 0 Å². The van der Waals surface area contributed by atoms with Crippen molar-refractivity contribution in [3.63, 3.8) is 0 Å². The number of aliphatic hydroxyl groups excluding tert-OH is 1. The molecule has 2 N–H and O–H groups in total. The van der Waals surface area contributed by atoms with Crippen LogP contribution in [0.2, 0.25) is 0 Å². The highest BCUT2D eigenvalue weighted by Gasteiger charge is 1.97. The Hall–Kier alpha value is -0.570. The third kappa shape index (κ3) is 5.56. The number of hydrogen-bond donors (Lipinski definition) is 2. The molecule has 3 heteroatoms. The smallest absolute Gasteiger partial charge is 0.245 e. The number of carbonyl (C=O) groups is 1. The summed E-state index contributed by atoms with van der Waals surface area (Å²) in [5.41, 5.74) is 0. The first-order chi connectivity index (χ1) is 4.66. The quantitative estimate of drug-likeness (QED) is 0.591. The van der Waals surface area contributed by atoms with Crippen LogP contribution in [0.15, 0.2) is 0 Å². The fourth-order valence-electron chi connectivity index (χ4n) is 0.556. The van der Waals surface area contributed by atoms with E-state index >= 15 is 0 Å². The molecule has 0 radical (unpaired) electrons. The summed E-state index contributed by atoms with van der Waals surface area (Å²) < 4.78 is 0. The average molecular weight is 145 g/mol. The zero-order valence-electron chi connectivity index (χ0n) is 6.55. The van der Waals surface area contributed by atoms with Gasteiger partial charge in [-0.25, -0.2) is 0 Å². The van der Waals surface area contributed by atoms with Gasteiger partial charge in [0.2, 0.25) is 5.91 Å². The molecule has 0 aromatic heterocycles. The van der Waals surface area contributed by atoms with E-state index in [1.807, 2.05) is 0 Å². The normalized spacial score (nSPS) is 10.0. The van der Waals surface area contributed by atoms with Crippen LogP contribution < -0.4 is 5.32 Å². The predicted molar refractivity (Wildman–Crippen MR) is 39.6 cm³/mol. The Bertz CT molecular complexity index is 102. The molecule has 0 aliphatic carbocycles. The summed E-state index contributed by atoms with van der Waals surface area (Å²) in [6, 6.07) is 0. The van der Waals surface area contributed by atoms with Crippen molar-refractivity contribution in [1.29, 1.82) is 0 Å². The van der Waals surface area contributed by atoms with Crippen molar-refractivity contribution in [2.24, 2.45) is 5.92 Å². The second kappa shape index (κ2) is 5.23. The van der Waals surface area contributed by atoms with Crippen molar-refractivity contribution < 1.29 is 9.90 Å². The van der Waals surface area contributed by atoms with Crippen molar-refractivity contribution in [1.82, 2.24) is 5.32 Å². The van der Waals surface area contributed by atoms with Gasteiger partial charge in [-0.3, -0.25) is 4.79 Å². The van der Waals surface area contributed by atoms with E-state index < -0.39 is 6.61 Å². The fourth-order valence-corrected chi connectivity index (χ4v) is 0.556. The summed E-state index contributed by atoms with van der Waals surface area (Å²) in [6.45, 7) is 4.44. The number of nitrogens with one attached hydrogen (secondary N) is 1. The Balaban J connectivity index is 3.12. The molecular weight excluding hydrogens is 130 g/mol. The maximum Gasteiger partial charge on any atom is 0.245 e. The summed E-state index contributed by atoms with van der Waals surface area (Å²) >= 11 is 0. The van der Waals surface area contributed by atoms with Gasteiger partial charge in [0.1, 0.15) is 6.61 Å². The van der Waals surface area contributed by atoms with E-state index in [4.69, 9.17) is 5.11 Å². The highest BCUT2D eigenvalue weighted by atomic mass is 16.3. The molecule has 0 spiro atoms. The Morgan fingerprint density at radius 2 is 2.20 bits per heavy atom. The third-order valence-corrected chi connectivity index (χ3v) is 1.19. The molecule has 0 aliphatic rings. The SMILES string of the molecule is CC(C)CCNC(=O)CO. The molecule has 0 saturated heterocycles.